The first-order valence-corrected chi connectivity index (χ1v) is 7.95. The van der Waals surface area contributed by atoms with E-state index in [1.807, 2.05) is 12.1 Å². The van der Waals surface area contributed by atoms with Gasteiger partial charge >= 0.3 is 0 Å². The number of hydrogen-bond acceptors (Lipinski definition) is 6. The summed E-state index contributed by atoms with van der Waals surface area (Å²) in [5, 5.41) is 9.22. The summed E-state index contributed by atoms with van der Waals surface area (Å²) in [7, 11) is 7.02. The Kier molecular flexibility index (Phi) is 6.50. The molecule has 1 aliphatic rings. The molecular weight excluding hydrogens is 296 g/mol. The Morgan fingerprint density at radius 3 is 2.43 bits per heavy atom. The third-order valence-corrected chi connectivity index (χ3v) is 4.50. The third-order valence-electron chi connectivity index (χ3n) is 4.50. The maximum Gasteiger partial charge on any atom is 0.203 e. The largest absolute Gasteiger partial charge is 0.493 e. The molecule has 0 amide bonds. The maximum atomic E-state index is 9.22. The minimum atomic E-state index is 0.225. The van der Waals surface area contributed by atoms with Crippen LogP contribution in [-0.2, 0) is 6.54 Å². The molecule has 0 aromatic heterocycles. The molecule has 23 heavy (non-hydrogen) atoms. The number of aliphatic hydroxyl groups is 1. The van der Waals surface area contributed by atoms with Crippen molar-refractivity contribution in [2.45, 2.75) is 19.0 Å². The highest BCUT2D eigenvalue weighted by atomic mass is 16.5. The molecule has 0 bridgehead atoms. The van der Waals surface area contributed by atoms with Crippen LogP contribution in [0, 0.1) is 0 Å². The van der Waals surface area contributed by atoms with Gasteiger partial charge in [-0.1, -0.05) is 6.07 Å². The van der Waals surface area contributed by atoms with Crippen molar-refractivity contribution < 1.29 is 19.3 Å². The van der Waals surface area contributed by atoms with Gasteiger partial charge in [-0.15, -0.1) is 0 Å². The lowest BCUT2D eigenvalue weighted by molar-refractivity contribution is 0.0737. The molecule has 0 spiro atoms. The van der Waals surface area contributed by atoms with Crippen molar-refractivity contribution in [1.29, 1.82) is 0 Å². The molecule has 1 aromatic carbocycles. The Balaban J connectivity index is 2.16. The Bertz CT molecular complexity index is 510. The fraction of sp³-hybridized carbons (Fsp3) is 0.647. The van der Waals surface area contributed by atoms with Gasteiger partial charge in [0.15, 0.2) is 11.5 Å². The number of ether oxygens (including phenoxy) is 3. The van der Waals surface area contributed by atoms with E-state index in [9.17, 15) is 5.11 Å². The van der Waals surface area contributed by atoms with Crippen molar-refractivity contribution in [3.63, 3.8) is 0 Å². The van der Waals surface area contributed by atoms with Gasteiger partial charge in [-0.05, 0) is 19.5 Å². The van der Waals surface area contributed by atoms with Gasteiger partial charge in [0.2, 0.25) is 5.75 Å². The van der Waals surface area contributed by atoms with Crippen LogP contribution >= 0.6 is 0 Å². The van der Waals surface area contributed by atoms with Gasteiger partial charge in [-0.3, -0.25) is 4.90 Å². The monoisotopic (exact) mass is 324 g/mol. The molecule has 1 N–H and O–H groups in total. The lowest BCUT2D eigenvalue weighted by atomic mass is 10.1. The average Bonchev–Trinajstić information content (AvgIpc) is 2.57. The normalized spacial score (nSPS) is 19.6. The highest BCUT2D eigenvalue weighted by Gasteiger charge is 2.25. The van der Waals surface area contributed by atoms with Crippen molar-refractivity contribution in [3.05, 3.63) is 17.7 Å². The lowest BCUT2D eigenvalue weighted by Gasteiger charge is -2.39. The van der Waals surface area contributed by atoms with Gasteiger partial charge in [0, 0.05) is 44.4 Å². The first-order chi connectivity index (χ1) is 11.1. The van der Waals surface area contributed by atoms with Crippen molar-refractivity contribution in [3.8, 4) is 17.2 Å². The Morgan fingerprint density at radius 1 is 1.09 bits per heavy atom. The van der Waals surface area contributed by atoms with E-state index in [1.54, 1.807) is 21.3 Å². The number of likely N-dealkylation sites (N-methyl/N-ethyl adjacent to an activating group) is 1. The molecule has 2 rings (SSSR count). The summed E-state index contributed by atoms with van der Waals surface area (Å²) in [5.41, 5.74) is 1.08. The molecular formula is C17H28N2O4. The van der Waals surface area contributed by atoms with Crippen molar-refractivity contribution >= 4 is 0 Å². The summed E-state index contributed by atoms with van der Waals surface area (Å²) < 4.78 is 16.4. The number of piperazine rings is 1. The van der Waals surface area contributed by atoms with Crippen molar-refractivity contribution in [2.24, 2.45) is 0 Å². The van der Waals surface area contributed by atoms with E-state index < -0.39 is 0 Å². The zero-order chi connectivity index (χ0) is 16.8. The van der Waals surface area contributed by atoms with Gasteiger partial charge in [0.05, 0.1) is 21.3 Å². The quantitative estimate of drug-likeness (QED) is 0.814. The van der Waals surface area contributed by atoms with Crippen molar-refractivity contribution in [2.75, 3.05) is 54.6 Å². The fourth-order valence-electron chi connectivity index (χ4n) is 3.14. The zero-order valence-corrected chi connectivity index (χ0v) is 14.5. The smallest absolute Gasteiger partial charge is 0.203 e. The highest BCUT2D eigenvalue weighted by molar-refractivity contribution is 5.55. The molecule has 1 saturated heterocycles. The molecule has 6 heteroatoms. The molecule has 0 saturated carbocycles. The van der Waals surface area contributed by atoms with Gasteiger partial charge < -0.3 is 24.2 Å². The molecule has 1 aliphatic heterocycles. The van der Waals surface area contributed by atoms with Crippen LogP contribution < -0.4 is 14.2 Å². The standard InChI is InChI=1S/C17H28N2O4/c1-18-8-9-19(12-14(18)7-10-20)11-13-5-6-15(21-2)17(23-4)16(13)22-3/h5-6,14,20H,7-12H2,1-4H3/t14-/m0/s1. The predicted molar refractivity (Wildman–Crippen MR) is 89.5 cm³/mol. The van der Waals surface area contributed by atoms with Gasteiger partial charge in [0.1, 0.15) is 0 Å². The van der Waals surface area contributed by atoms with Gasteiger partial charge in [-0.25, -0.2) is 0 Å². The second-order valence-electron chi connectivity index (χ2n) is 5.88. The number of benzene rings is 1. The topological polar surface area (TPSA) is 54.4 Å². The first-order valence-electron chi connectivity index (χ1n) is 7.95. The second kappa shape index (κ2) is 8.38. The molecule has 1 aromatic rings. The summed E-state index contributed by atoms with van der Waals surface area (Å²) >= 11 is 0. The van der Waals surface area contributed by atoms with Crippen LogP contribution in [0.25, 0.3) is 0 Å². The van der Waals surface area contributed by atoms with Gasteiger partial charge in [0.25, 0.3) is 0 Å². The SMILES string of the molecule is COc1ccc(CN2CCN(C)[C@@H](CCO)C2)c(OC)c1OC. The molecule has 130 valence electrons. The van der Waals surface area contributed by atoms with Crippen LogP contribution in [-0.4, -0.2) is 75.6 Å². The van der Waals surface area contributed by atoms with E-state index in [4.69, 9.17) is 14.2 Å². The summed E-state index contributed by atoms with van der Waals surface area (Å²) in [6.45, 7) is 3.95. The number of aliphatic hydroxyl groups excluding tert-OH is 1. The maximum absolute atomic E-state index is 9.22. The summed E-state index contributed by atoms with van der Waals surface area (Å²) in [4.78, 5) is 4.71. The Morgan fingerprint density at radius 2 is 1.83 bits per heavy atom. The van der Waals surface area contributed by atoms with E-state index in [0.717, 1.165) is 43.9 Å². The fourth-order valence-corrected chi connectivity index (χ4v) is 3.14. The first kappa shape index (κ1) is 17.8. The molecule has 1 atom stereocenters. The second-order valence-corrected chi connectivity index (χ2v) is 5.88. The van der Waals surface area contributed by atoms with Crippen LogP contribution in [0.4, 0.5) is 0 Å². The van der Waals surface area contributed by atoms with E-state index in [2.05, 4.69) is 16.8 Å². The molecule has 1 fully saturated rings. The van der Waals surface area contributed by atoms with Crippen LogP contribution in [0.15, 0.2) is 12.1 Å². The van der Waals surface area contributed by atoms with E-state index in [1.165, 1.54) is 0 Å². The average molecular weight is 324 g/mol. The Hall–Kier alpha value is -1.50. The lowest BCUT2D eigenvalue weighted by Crippen LogP contribution is -2.51. The van der Waals surface area contributed by atoms with Gasteiger partial charge in [-0.2, -0.15) is 0 Å². The highest BCUT2D eigenvalue weighted by Crippen LogP contribution is 2.40. The summed E-state index contributed by atoms with van der Waals surface area (Å²) in [5.74, 6) is 2.03. The minimum Gasteiger partial charge on any atom is -0.493 e. The number of hydrogen-bond donors (Lipinski definition) is 1. The van der Waals surface area contributed by atoms with Crippen LogP contribution in [0.1, 0.15) is 12.0 Å². The number of methoxy groups -OCH3 is 3. The molecule has 0 radical (unpaired) electrons. The summed E-state index contributed by atoms with van der Waals surface area (Å²) in [6.07, 6.45) is 0.802. The number of rotatable bonds is 7. The number of nitrogens with zero attached hydrogens (tertiary/aromatic N) is 2. The van der Waals surface area contributed by atoms with E-state index in [0.29, 0.717) is 17.5 Å². The van der Waals surface area contributed by atoms with Crippen LogP contribution in [0.5, 0.6) is 17.2 Å². The van der Waals surface area contributed by atoms with Crippen LogP contribution in [0.3, 0.4) is 0 Å². The van der Waals surface area contributed by atoms with Crippen LogP contribution in [0.2, 0.25) is 0 Å². The Labute approximate surface area is 138 Å². The van der Waals surface area contributed by atoms with Crippen molar-refractivity contribution in [1.82, 2.24) is 9.80 Å². The zero-order valence-electron chi connectivity index (χ0n) is 14.5. The molecule has 6 nitrogen and oxygen atoms in total. The predicted octanol–water partition coefficient (Wildman–Crippen LogP) is 1.21. The van der Waals surface area contributed by atoms with E-state index >= 15 is 0 Å². The van der Waals surface area contributed by atoms with E-state index in [-0.39, 0.29) is 6.61 Å². The molecule has 0 unspecified atom stereocenters. The molecule has 1 heterocycles. The molecule has 0 aliphatic carbocycles. The summed E-state index contributed by atoms with van der Waals surface area (Å²) in [6, 6.07) is 4.33. The minimum absolute atomic E-state index is 0.225. The third kappa shape index (κ3) is 4.07.